The highest BCUT2D eigenvalue weighted by Crippen LogP contribution is 2.29. The van der Waals surface area contributed by atoms with Crippen LogP contribution in [0, 0.1) is 0 Å². The third-order valence-corrected chi connectivity index (χ3v) is 2.97. The zero-order valence-electron chi connectivity index (χ0n) is 10.8. The van der Waals surface area contributed by atoms with Gasteiger partial charge >= 0.3 is 6.18 Å². The fourth-order valence-electron chi connectivity index (χ4n) is 1.71. The van der Waals surface area contributed by atoms with Gasteiger partial charge in [0.25, 0.3) is 0 Å². The molecule has 1 N–H and O–H groups in total. The van der Waals surface area contributed by atoms with Crippen molar-refractivity contribution in [2.24, 2.45) is 0 Å². The van der Waals surface area contributed by atoms with E-state index >= 15 is 0 Å². The molecule has 20 heavy (non-hydrogen) atoms. The van der Waals surface area contributed by atoms with E-state index in [4.69, 9.17) is 9.52 Å². The van der Waals surface area contributed by atoms with Gasteiger partial charge in [-0.25, -0.2) is 4.98 Å². The highest BCUT2D eigenvalue weighted by molar-refractivity contribution is 5.26. The number of hydrogen-bond donors (Lipinski definition) is 1. The summed E-state index contributed by atoms with van der Waals surface area (Å²) in [6, 6.07) is 4.88. The summed E-state index contributed by atoms with van der Waals surface area (Å²) in [6.07, 6.45) is -2.48. The van der Waals surface area contributed by atoms with Crippen LogP contribution in [0.15, 0.2) is 34.9 Å². The summed E-state index contributed by atoms with van der Waals surface area (Å²) in [7, 11) is 0. The van der Waals surface area contributed by atoms with Crippen LogP contribution in [0.2, 0.25) is 0 Å². The van der Waals surface area contributed by atoms with E-state index in [1.165, 1.54) is 18.3 Å². The van der Waals surface area contributed by atoms with Gasteiger partial charge in [-0.15, -0.1) is 0 Å². The lowest BCUT2D eigenvalue weighted by atomic mass is 10.1. The minimum atomic E-state index is -4.33. The van der Waals surface area contributed by atoms with Gasteiger partial charge in [0, 0.05) is 12.3 Å². The molecule has 0 aliphatic carbocycles. The number of oxazole rings is 1. The number of aromatic nitrogens is 1. The summed E-state index contributed by atoms with van der Waals surface area (Å²) in [4.78, 5) is 4.05. The topological polar surface area (TPSA) is 46.3 Å². The molecule has 0 aliphatic rings. The van der Waals surface area contributed by atoms with Crippen molar-refractivity contribution in [2.75, 3.05) is 6.61 Å². The van der Waals surface area contributed by atoms with Crippen molar-refractivity contribution in [2.45, 2.75) is 25.4 Å². The van der Waals surface area contributed by atoms with Gasteiger partial charge < -0.3 is 9.52 Å². The summed E-state index contributed by atoms with van der Waals surface area (Å²) in [5.41, 5.74) is 0.00583. The van der Waals surface area contributed by atoms with Gasteiger partial charge in [-0.1, -0.05) is 19.1 Å². The molecule has 3 nitrogen and oxygen atoms in total. The average molecular weight is 285 g/mol. The van der Waals surface area contributed by atoms with Crippen LogP contribution >= 0.6 is 0 Å². The Morgan fingerprint density at radius 2 is 1.90 bits per heavy atom. The number of benzene rings is 1. The molecule has 108 valence electrons. The fourth-order valence-corrected chi connectivity index (χ4v) is 1.71. The van der Waals surface area contributed by atoms with Crippen molar-refractivity contribution in [3.05, 3.63) is 53.2 Å². The van der Waals surface area contributed by atoms with E-state index in [-0.39, 0.29) is 12.5 Å². The quantitative estimate of drug-likeness (QED) is 0.936. The molecule has 0 bridgehead atoms. The van der Waals surface area contributed by atoms with Crippen LogP contribution in [-0.2, 0) is 12.6 Å². The van der Waals surface area contributed by atoms with Gasteiger partial charge in [0.15, 0.2) is 5.89 Å². The Morgan fingerprint density at radius 3 is 2.45 bits per heavy atom. The Balaban J connectivity index is 2.08. The molecule has 0 saturated carbocycles. The summed E-state index contributed by atoms with van der Waals surface area (Å²) >= 11 is 0. The number of hydrogen-bond acceptors (Lipinski definition) is 3. The molecular weight excluding hydrogens is 271 g/mol. The molecule has 1 aromatic heterocycles. The lowest BCUT2D eigenvalue weighted by Gasteiger charge is -2.06. The normalized spacial score (nSPS) is 13.4. The molecule has 0 amide bonds. The Morgan fingerprint density at radius 1 is 1.25 bits per heavy atom. The van der Waals surface area contributed by atoms with E-state index in [1.807, 2.05) is 0 Å². The third-order valence-electron chi connectivity index (χ3n) is 2.97. The number of nitrogens with zero attached hydrogens (tertiary/aromatic N) is 1. The van der Waals surface area contributed by atoms with E-state index < -0.39 is 11.7 Å². The minimum Gasteiger partial charge on any atom is -0.445 e. The second-order valence-corrected chi connectivity index (χ2v) is 4.61. The molecule has 0 saturated heterocycles. The van der Waals surface area contributed by atoms with Gasteiger partial charge in [-0.2, -0.15) is 13.2 Å². The van der Waals surface area contributed by atoms with Crippen molar-refractivity contribution in [1.82, 2.24) is 4.98 Å². The number of rotatable bonds is 4. The maximum atomic E-state index is 12.4. The molecule has 0 aliphatic heterocycles. The molecule has 1 aromatic carbocycles. The third kappa shape index (κ3) is 3.39. The second kappa shape index (κ2) is 5.66. The molecule has 1 atom stereocenters. The Kier molecular flexibility index (Phi) is 4.13. The monoisotopic (exact) mass is 285 g/mol. The van der Waals surface area contributed by atoms with Crippen molar-refractivity contribution in [3.63, 3.8) is 0 Å². The molecular formula is C14H14F3NO2. The van der Waals surface area contributed by atoms with Crippen LogP contribution in [0.1, 0.15) is 35.6 Å². The van der Waals surface area contributed by atoms with E-state index in [1.54, 1.807) is 6.92 Å². The number of halogens is 3. The zero-order valence-corrected chi connectivity index (χ0v) is 10.8. The van der Waals surface area contributed by atoms with Crippen LogP contribution in [-0.4, -0.2) is 16.7 Å². The Labute approximate surface area is 114 Å². The maximum Gasteiger partial charge on any atom is 0.416 e. The number of aliphatic hydroxyl groups excluding tert-OH is 1. The number of alkyl halides is 3. The fraction of sp³-hybridized carbons (Fsp3) is 0.357. The Hall–Kier alpha value is -1.82. The standard InChI is InChI=1S/C14H14F3NO2/c1-9(8-19)12-7-18-13(20-12)6-10-2-4-11(5-3-10)14(15,16)17/h2-5,7,9,19H,6,8H2,1H3. The van der Waals surface area contributed by atoms with Crippen LogP contribution in [0.4, 0.5) is 13.2 Å². The highest BCUT2D eigenvalue weighted by Gasteiger charge is 2.29. The molecule has 0 radical (unpaired) electrons. The first-order chi connectivity index (χ1) is 9.40. The van der Waals surface area contributed by atoms with Crippen LogP contribution in [0.25, 0.3) is 0 Å². The molecule has 1 unspecified atom stereocenters. The van der Waals surface area contributed by atoms with Gasteiger partial charge in [0.05, 0.1) is 18.4 Å². The van der Waals surface area contributed by atoms with Crippen molar-refractivity contribution in [1.29, 1.82) is 0 Å². The van der Waals surface area contributed by atoms with Crippen molar-refractivity contribution in [3.8, 4) is 0 Å². The first-order valence-electron chi connectivity index (χ1n) is 6.11. The van der Waals surface area contributed by atoms with Crippen LogP contribution in [0.3, 0.4) is 0 Å². The first-order valence-corrected chi connectivity index (χ1v) is 6.11. The average Bonchev–Trinajstić information content (AvgIpc) is 2.86. The minimum absolute atomic E-state index is 0.0467. The highest BCUT2D eigenvalue weighted by atomic mass is 19.4. The summed E-state index contributed by atoms with van der Waals surface area (Å²) in [5.74, 6) is 0.832. The van der Waals surface area contributed by atoms with E-state index in [0.717, 1.165) is 12.1 Å². The van der Waals surface area contributed by atoms with Crippen molar-refractivity contribution >= 4 is 0 Å². The smallest absolute Gasteiger partial charge is 0.416 e. The largest absolute Gasteiger partial charge is 0.445 e. The SMILES string of the molecule is CC(CO)c1cnc(Cc2ccc(C(F)(F)F)cc2)o1. The molecule has 2 rings (SSSR count). The lowest BCUT2D eigenvalue weighted by molar-refractivity contribution is -0.137. The molecule has 2 aromatic rings. The first kappa shape index (κ1) is 14.6. The predicted molar refractivity (Wildman–Crippen MR) is 66.3 cm³/mol. The van der Waals surface area contributed by atoms with Gasteiger partial charge in [0.1, 0.15) is 5.76 Å². The summed E-state index contributed by atoms with van der Waals surface area (Å²) < 4.78 is 42.7. The second-order valence-electron chi connectivity index (χ2n) is 4.61. The van der Waals surface area contributed by atoms with E-state index in [2.05, 4.69) is 4.98 Å². The molecule has 0 spiro atoms. The molecule has 0 fully saturated rings. The van der Waals surface area contributed by atoms with E-state index in [0.29, 0.717) is 23.6 Å². The Bertz CT molecular complexity index is 561. The maximum absolute atomic E-state index is 12.4. The van der Waals surface area contributed by atoms with E-state index in [9.17, 15) is 13.2 Å². The summed E-state index contributed by atoms with van der Waals surface area (Å²) in [6.45, 7) is 1.75. The van der Waals surface area contributed by atoms with Crippen LogP contribution in [0.5, 0.6) is 0 Å². The lowest BCUT2D eigenvalue weighted by Crippen LogP contribution is -2.04. The van der Waals surface area contributed by atoms with Crippen LogP contribution < -0.4 is 0 Å². The number of aliphatic hydroxyl groups is 1. The zero-order chi connectivity index (χ0) is 14.8. The summed E-state index contributed by atoms with van der Waals surface area (Å²) in [5, 5.41) is 9.00. The molecule has 6 heteroatoms. The van der Waals surface area contributed by atoms with Gasteiger partial charge in [-0.05, 0) is 17.7 Å². The van der Waals surface area contributed by atoms with Gasteiger partial charge in [0.2, 0.25) is 0 Å². The van der Waals surface area contributed by atoms with Gasteiger partial charge in [-0.3, -0.25) is 0 Å². The van der Waals surface area contributed by atoms with Crippen molar-refractivity contribution < 1.29 is 22.7 Å². The predicted octanol–water partition coefficient (Wildman–Crippen LogP) is 3.38. The molecule has 1 heterocycles.